The lowest BCUT2D eigenvalue weighted by molar-refractivity contribution is 0.117. The molecule has 90 valence electrons. The summed E-state index contributed by atoms with van der Waals surface area (Å²) in [4.78, 5) is 0. The molecule has 0 saturated carbocycles. The third kappa shape index (κ3) is 3.04. The van der Waals surface area contributed by atoms with Crippen LogP contribution < -0.4 is 10.6 Å². The molecule has 0 aliphatic carbocycles. The summed E-state index contributed by atoms with van der Waals surface area (Å²) in [6.07, 6.45) is 1.43. The molecule has 0 spiro atoms. The number of ether oxygens (including phenoxy) is 1. The zero-order chi connectivity index (χ0) is 11.4. The molecule has 0 aromatic carbocycles. The van der Waals surface area contributed by atoms with Crippen LogP contribution in [0.3, 0.4) is 0 Å². The lowest BCUT2D eigenvalue weighted by Crippen LogP contribution is -2.33. The molecular weight excluding hydrogens is 206 g/mol. The van der Waals surface area contributed by atoms with Crippen LogP contribution >= 0.6 is 0 Å². The van der Waals surface area contributed by atoms with E-state index in [1.807, 2.05) is 13.0 Å². The van der Waals surface area contributed by atoms with Crippen LogP contribution in [0.15, 0.2) is 10.6 Å². The van der Waals surface area contributed by atoms with Crippen molar-refractivity contribution in [2.75, 3.05) is 20.2 Å². The molecule has 1 aromatic rings. The molecule has 2 atom stereocenters. The number of aromatic nitrogens is 1. The van der Waals surface area contributed by atoms with Gasteiger partial charge < -0.3 is 19.9 Å². The van der Waals surface area contributed by atoms with Crippen LogP contribution in [-0.4, -0.2) is 37.5 Å². The fourth-order valence-corrected chi connectivity index (χ4v) is 1.99. The molecule has 2 unspecified atom stereocenters. The van der Waals surface area contributed by atoms with Crippen LogP contribution in [0.25, 0.3) is 0 Å². The van der Waals surface area contributed by atoms with E-state index in [0.29, 0.717) is 12.1 Å². The summed E-state index contributed by atoms with van der Waals surface area (Å²) < 4.78 is 10.3. The van der Waals surface area contributed by atoms with Gasteiger partial charge in [-0.25, -0.2) is 0 Å². The summed E-state index contributed by atoms with van der Waals surface area (Å²) in [7, 11) is 1.76. The number of rotatable bonds is 5. The zero-order valence-electron chi connectivity index (χ0n) is 9.82. The van der Waals surface area contributed by atoms with Crippen LogP contribution in [0, 0.1) is 6.92 Å². The third-order valence-corrected chi connectivity index (χ3v) is 2.89. The summed E-state index contributed by atoms with van der Waals surface area (Å²) in [6.45, 7) is 4.54. The van der Waals surface area contributed by atoms with Gasteiger partial charge in [-0.05, 0) is 13.3 Å². The molecule has 16 heavy (non-hydrogen) atoms. The van der Waals surface area contributed by atoms with E-state index in [0.717, 1.165) is 37.5 Å². The first-order valence-corrected chi connectivity index (χ1v) is 5.67. The SMILES string of the molecule is COC1CNC(CNCc2cc(C)on2)C1. The minimum atomic E-state index is 0.362. The van der Waals surface area contributed by atoms with Gasteiger partial charge in [0.25, 0.3) is 0 Å². The smallest absolute Gasteiger partial charge is 0.133 e. The van der Waals surface area contributed by atoms with Gasteiger partial charge >= 0.3 is 0 Å². The molecule has 2 rings (SSSR count). The van der Waals surface area contributed by atoms with E-state index < -0.39 is 0 Å². The van der Waals surface area contributed by atoms with Crippen molar-refractivity contribution < 1.29 is 9.26 Å². The Morgan fingerprint density at radius 1 is 1.69 bits per heavy atom. The second-order valence-corrected chi connectivity index (χ2v) is 4.26. The highest BCUT2D eigenvalue weighted by Crippen LogP contribution is 2.08. The molecular formula is C11H19N3O2. The van der Waals surface area contributed by atoms with Gasteiger partial charge in [-0.3, -0.25) is 0 Å². The number of nitrogens with one attached hydrogen (secondary N) is 2. The first-order valence-electron chi connectivity index (χ1n) is 5.67. The molecule has 1 saturated heterocycles. The largest absolute Gasteiger partial charge is 0.380 e. The van der Waals surface area contributed by atoms with Gasteiger partial charge in [0.05, 0.1) is 11.8 Å². The average molecular weight is 225 g/mol. The average Bonchev–Trinajstić information content (AvgIpc) is 2.88. The van der Waals surface area contributed by atoms with Gasteiger partial charge in [0.15, 0.2) is 0 Å². The topological polar surface area (TPSA) is 59.3 Å². The number of nitrogens with zero attached hydrogens (tertiary/aromatic N) is 1. The standard InChI is InChI=1S/C11H19N3O2/c1-8-3-10(14-16-8)6-12-5-9-4-11(15-2)7-13-9/h3,9,11-13H,4-7H2,1-2H3. The molecule has 1 aromatic heterocycles. The summed E-state index contributed by atoms with van der Waals surface area (Å²) in [6, 6.07) is 2.45. The van der Waals surface area contributed by atoms with Crippen molar-refractivity contribution in [3.63, 3.8) is 0 Å². The summed E-state index contributed by atoms with van der Waals surface area (Å²) in [5.74, 6) is 0.857. The van der Waals surface area contributed by atoms with Gasteiger partial charge in [-0.2, -0.15) is 0 Å². The second kappa shape index (κ2) is 5.43. The van der Waals surface area contributed by atoms with Crippen LogP contribution in [0.4, 0.5) is 0 Å². The predicted molar refractivity (Wildman–Crippen MR) is 60.2 cm³/mol. The van der Waals surface area contributed by atoms with E-state index in [1.165, 1.54) is 0 Å². The van der Waals surface area contributed by atoms with Crippen LogP contribution in [-0.2, 0) is 11.3 Å². The zero-order valence-corrected chi connectivity index (χ0v) is 9.82. The van der Waals surface area contributed by atoms with Gasteiger partial charge in [-0.15, -0.1) is 0 Å². The molecule has 1 aliphatic rings. The molecule has 1 aliphatic heterocycles. The Morgan fingerprint density at radius 2 is 2.56 bits per heavy atom. The van der Waals surface area contributed by atoms with Crippen LogP contribution in [0.5, 0.6) is 0 Å². The summed E-state index contributed by atoms with van der Waals surface area (Å²) >= 11 is 0. The quantitative estimate of drug-likeness (QED) is 0.762. The highest BCUT2D eigenvalue weighted by atomic mass is 16.5. The Balaban J connectivity index is 1.65. The van der Waals surface area contributed by atoms with Crippen molar-refractivity contribution in [3.05, 3.63) is 17.5 Å². The highest BCUT2D eigenvalue weighted by molar-refractivity contribution is 5.03. The molecule has 5 heteroatoms. The van der Waals surface area contributed by atoms with Crippen molar-refractivity contribution in [1.29, 1.82) is 0 Å². The van der Waals surface area contributed by atoms with E-state index in [9.17, 15) is 0 Å². The monoisotopic (exact) mass is 225 g/mol. The second-order valence-electron chi connectivity index (χ2n) is 4.26. The molecule has 0 amide bonds. The first-order chi connectivity index (χ1) is 7.78. The van der Waals surface area contributed by atoms with Crippen LogP contribution in [0.2, 0.25) is 0 Å². The van der Waals surface area contributed by atoms with E-state index in [1.54, 1.807) is 7.11 Å². The minimum absolute atomic E-state index is 0.362. The van der Waals surface area contributed by atoms with E-state index in [4.69, 9.17) is 9.26 Å². The Labute approximate surface area is 95.5 Å². The Bertz CT molecular complexity index is 327. The van der Waals surface area contributed by atoms with Gasteiger partial charge in [0.1, 0.15) is 5.76 Å². The summed E-state index contributed by atoms with van der Waals surface area (Å²) in [5, 5.41) is 10.7. The van der Waals surface area contributed by atoms with Gasteiger partial charge in [0.2, 0.25) is 0 Å². The molecule has 2 heterocycles. The lowest BCUT2D eigenvalue weighted by atomic mass is 10.2. The third-order valence-electron chi connectivity index (χ3n) is 2.89. The van der Waals surface area contributed by atoms with E-state index in [-0.39, 0.29) is 0 Å². The fourth-order valence-electron chi connectivity index (χ4n) is 1.99. The van der Waals surface area contributed by atoms with Crippen molar-refractivity contribution in [3.8, 4) is 0 Å². The Morgan fingerprint density at radius 3 is 3.19 bits per heavy atom. The Kier molecular flexibility index (Phi) is 3.93. The van der Waals surface area contributed by atoms with Crippen molar-refractivity contribution in [1.82, 2.24) is 15.8 Å². The number of hydrogen-bond acceptors (Lipinski definition) is 5. The van der Waals surface area contributed by atoms with E-state index >= 15 is 0 Å². The van der Waals surface area contributed by atoms with Crippen molar-refractivity contribution in [2.24, 2.45) is 0 Å². The van der Waals surface area contributed by atoms with Gasteiger partial charge in [0, 0.05) is 38.9 Å². The van der Waals surface area contributed by atoms with Crippen LogP contribution in [0.1, 0.15) is 17.9 Å². The maximum atomic E-state index is 5.29. The predicted octanol–water partition coefficient (Wildman–Crippen LogP) is 0.450. The van der Waals surface area contributed by atoms with Crippen molar-refractivity contribution >= 4 is 0 Å². The lowest BCUT2D eigenvalue weighted by Gasteiger charge is -2.10. The molecule has 5 nitrogen and oxygen atoms in total. The number of methoxy groups -OCH3 is 1. The molecule has 0 bridgehead atoms. The summed E-state index contributed by atoms with van der Waals surface area (Å²) in [5.41, 5.74) is 0.957. The molecule has 0 radical (unpaired) electrons. The Hall–Kier alpha value is -0.910. The normalized spacial score (nSPS) is 25.1. The first kappa shape index (κ1) is 11.6. The fraction of sp³-hybridized carbons (Fsp3) is 0.727. The number of aryl methyl sites for hydroxylation is 1. The van der Waals surface area contributed by atoms with Gasteiger partial charge in [-0.1, -0.05) is 5.16 Å². The molecule has 2 N–H and O–H groups in total. The minimum Gasteiger partial charge on any atom is -0.380 e. The maximum absolute atomic E-state index is 5.29. The van der Waals surface area contributed by atoms with E-state index in [2.05, 4.69) is 15.8 Å². The van der Waals surface area contributed by atoms with Crippen molar-refractivity contribution in [2.45, 2.75) is 32.0 Å². The highest BCUT2D eigenvalue weighted by Gasteiger charge is 2.22. The molecule has 1 fully saturated rings. The maximum Gasteiger partial charge on any atom is 0.133 e. The number of hydrogen-bond donors (Lipinski definition) is 2.